The van der Waals surface area contributed by atoms with Crippen LogP contribution in [0.25, 0.3) is 11.4 Å². The Hall–Kier alpha value is -3.26. The van der Waals surface area contributed by atoms with E-state index < -0.39 is 0 Å². The highest BCUT2D eigenvalue weighted by atomic mass is 16.5. The second-order valence-electron chi connectivity index (χ2n) is 6.79. The molecular weight excluding hydrogens is 358 g/mol. The molecule has 1 saturated heterocycles. The smallest absolute Gasteiger partial charge is 0.253 e. The number of methoxy groups -OCH3 is 1. The van der Waals surface area contributed by atoms with Gasteiger partial charge in [-0.2, -0.15) is 4.98 Å². The summed E-state index contributed by atoms with van der Waals surface area (Å²) in [6.07, 6.45) is 3.91. The number of pyridine rings is 1. The predicted octanol–water partition coefficient (Wildman–Crippen LogP) is 2.32. The van der Waals surface area contributed by atoms with Crippen molar-refractivity contribution in [3.8, 4) is 17.1 Å². The first kappa shape index (κ1) is 18.1. The lowest BCUT2D eigenvalue weighted by atomic mass is 10.1. The maximum atomic E-state index is 12.4. The molecule has 28 heavy (non-hydrogen) atoms. The molecule has 0 spiro atoms. The van der Waals surface area contributed by atoms with Crippen LogP contribution in [-0.2, 0) is 0 Å². The van der Waals surface area contributed by atoms with E-state index >= 15 is 0 Å². The van der Waals surface area contributed by atoms with Gasteiger partial charge >= 0.3 is 0 Å². The van der Waals surface area contributed by atoms with Crippen molar-refractivity contribution in [1.29, 1.82) is 0 Å². The van der Waals surface area contributed by atoms with E-state index in [1.54, 1.807) is 31.6 Å². The SMILES string of the molecule is COc1ccc(-c2noc([C@@H]3C[C@H](NC(=O)c4cccnc4)CN3C)n2)cc1. The molecule has 0 unspecified atom stereocenters. The number of benzene rings is 1. The lowest BCUT2D eigenvalue weighted by Gasteiger charge is -2.14. The van der Waals surface area contributed by atoms with Gasteiger partial charge in [-0.1, -0.05) is 5.16 Å². The summed E-state index contributed by atoms with van der Waals surface area (Å²) in [7, 11) is 3.61. The van der Waals surface area contributed by atoms with Gasteiger partial charge in [0.2, 0.25) is 11.7 Å². The van der Waals surface area contributed by atoms with Crippen LogP contribution in [0.3, 0.4) is 0 Å². The number of hydrogen-bond acceptors (Lipinski definition) is 7. The van der Waals surface area contributed by atoms with Gasteiger partial charge in [-0.15, -0.1) is 0 Å². The molecule has 1 fully saturated rings. The lowest BCUT2D eigenvalue weighted by Crippen LogP contribution is -2.36. The number of aromatic nitrogens is 3. The zero-order valence-electron chi connectivity index (χ0n) is 15.7. The fourth-order valence-electron chi connectivity index (χ4n) is 3.39. The van der Waals surface area contributed by atoms with E-state index in [2.05, 4.69) is 25.3 Å². The maximum absolute atomic E-state index is 12.4. The number of rotatable bonds is 5. The number of carbonyl (C=O) groups is 1. The first-order valence-electron chi connectivity index (χ1n) is 9.03. The van der Waals surface area contributed by atoms with Crippen molar-refractivity contribution in [2.45, 2.75) is 18.5 Å². The molecule has 3 aromatic rings. The Morgan fingerprint density at radius 2 is 2.11 bits per heavy atom. The molecular formula is C20H21N5O3. The van der Waals surface area contributed by atoms with Crippen LogP contribution in [0.1, 0.15) is 28.7 Å². The molecule has 0 aliphatic carbocycles. The van der Waals surface area contributed by atoms with Crippen LogP contribution in [0.4, 0.5) is 0 Å². The molecule has 0 bridgehead atoms. The van der Waals surface area contributed by atoms with Gasteiger partial charge in [0.25, 0.3) is 5.91 Å². The summed E-state index contributed by atoms with van der Waals surface area (Å²) >= 11 is 0. The van der Waals surface area contributed by atoms with E-state index in [1.165, 1.54) is 0 Å². The number of likely N-dealkylation sites (N-methyl/N-ethyl adjacent to an activating group) is 1. The molecule has 1 aliphatic rings. The van der Waals surface area contributed by atoms with Gasteiger partial charge < -0.3 is 14.6 Å². The molecule has 3 heterocycles. The van der Waals surface area contributed by atoms with Crippen LogP contribution in [0.15, 0.2) is 53.3 Å². The molecule has 1 aliphatic heterocycles. The highest BCUT2D eigenvalue weighted by Crippen LogP contribution is 2.31. The van der Waals surface area contributed by atoms with Gasteiger partial charge in [-0.05, 0) is 49.9 Å². The van der Waals surface area contributed by atoms with Gasteiger partial charge in [-0.3, -0.25) is 14.7 Å². The van der Waals surface area contributed by atoms with Gasteiger partial charge in [0, 0.05) is 30.5 Å². The quantitative estimate of drug-likeness (QED) is 0.727. The van der Waals surface area contributed by atoms with E-state index in [1.807, 2.05) is 31.3 Å². The number of ether oxygens (including phenoxy) is 1. The van der Waals surface area contributed by atoms with E-state index in [4.69, 9.17) is 9.26 Å². The number of amides is 1. The number of nitrogens with one attached hydrogen (secondary N) is 1. The summed E-state index contributed by atoms with van der Waals surface area (Å²) in [4.78, 5) is 23.0. The van der Waals surface area contributed by atoms with Crippen molar-refractivity contribution in [2.75, 3.05) is 20.7 Å². The second kappa shape index (κ2) is 7.77. The third-order valence-corrected chi connectivity index (χ3v) is 4.88. The monoisotopic (exact) mass is 379 g/mol. The maximum Gasteiger partial charge on any atom is 0.253 e. The van der Waals surface area contributed by atoms with Crippen molar-refractivity contribution in [2.24, 2.45) is 0 Å². The van der Waals surface area contributed by atoms with Crippen LogP contribution in [0.5, 0.6) is 5.75 Å². The fourth-order valence-corrected chi connectivity index (χ4v) is 3.39. The minimum atomic E-state index is -0.128. The van der Waals surface area contributed by atoms with E-state index in [0.717, 1.165) is 11.3 Å². The topological polar surface area (TPSA) is 93.4 Å². The minimum Gasteiger partial charge on any atom is -0.497 e. The molecule has 144 valence electrons. The third-order valence-electron chi connectivity index (χ3n) is 4.88. The Morgan fingerprint density at radius 3 is 2.82 bits per heavy atom. The average Bonchev–Trinajstić information content (AvgIpc) is 3.35. The van der Waals surface area contributed by atoms with Crippen LogP contribution in [0, 0.1) is 0 Å². The number of hydrogen-bond donors (Lipinski definition) is 1. The van der Waals surface area contributed by atoms with E-state index in [-0.39, 0.29) is 18.0 Å². The summed E-state index contributed by atoms with van der Waals surface area (Å²) in [6.45, 7) is 0.705. The minimum absolute atomic E-state index is 0.000887. The Kier molecular flexibility index (Phi) is 5.03. The van der Waals surface area contributed by atoms with Crippen LogP contribution in [-0.4, -0.2) is 52.7 Å². The molecule has 1 amide bonds. The first-order valence-corrected chi connectivity index (χ1v) is 9.03. The number of nitrogens with zero attached hydrogens (tertiary/aromatic N) is 4. The third kappa shape index (κ3) is 3.72. The Bertz CT molecular complexity index is 942. The van der Waals surface area contributed by atoms with Gasteiger partial charge in [-0.25, -0.2) is 0 Å². The van der Waals surface area contributed by atoms with Crippen LogP contribution >= 0.6 is 0 Å². The Morgan fingerprint density at radius 1 is 1.29 bits per heavy atom. The molecule has 2 atom stereocenters. The zero-order valence-corrected chi connectivity index (χ0v) is 15.7. The van der Waals surface area contributed by atoms with Crippen molar-refractivity contribution < 1.29 is 14.1 Å². The standard InChI is InChI=1S/C20H21N5O3/c1-25-12-15(22-19(26)14-4-3-9-21-11-14)10-17(25)20-23-18(24-28-20)13-5-7-16(27-2)8-6-13/h3-9,11,15,17H,10,12H2,1-2H3,(H,22,26)/t15-,17-/m0/s1. The van der Waals surface area contributed by atoms with Crippen molar-refractivity contribution in [3.63, 3.8) is 0 Å². The number of carbonyl (C=O) groups excluding carboxylic acids is 1. The van der Waals surface area contributed by atoms with Crippen LogP contribution in [0.2, 0.25) is 0 Å². The Balaban J connectivity index is 1.43. The molecule has 8 nitrogen and oxygen atoms in total. The van der Waals surface area contributed by atoms with Crippen molar-refractivity contribution in [3.05, 3.63) is 60.2 Å². The van der Waals surface area contributed by atoms with E-state index in [9.17, 15) is 4.79 Å². The molecule has 1 aromatic carbocycles. The Labute approximate surface area is 162 Å². The van der Waals surface area contributed by atoms with E-state index in [0.29, 0.717) is 30.2 Å². The first-order chi connectivity index (χ1) is 13.6. The predicted molar refractivity (Wildman–Crippen MR) is 102 cm³/mol. The lowest BCUT2D eigenvalue weighted by molar-refractivity contribution is 0.0938. The zero-order chi connectivity index (χ0) is 19.5. The summed E-state index contributed by atoms with van der Waals surface area (Å²) in [5.74, 6) is 1.73. The molecule has 0 radical (unpaired) electrons. The van der Waals surface area contributed by atoms with Crippen molar-refractivity contribution >= 4 is 5.91 Å². The summed E-state index contributed by atoms with van der Waals surface area (Å²) in [5, 5.41) is 7.16. The normalized spacial score (nSPS) is 19.5. The molecule has 8 heteroatoms. The van der Waals surface area contributed by atoms with Gasteiger partial charge in [0.15, 0.2) is 0 Å². The van der Waals surface area contributed by atoms with Gasteiger partial charge in [0.05, 0.1) is 18.7 Å². The molecule has 2 aromatic heterocycles. The van der Waals surface area contributed by atoms with Crippen molar-refractivity contribution in [1.82, 2.24) is 25.3 Å². The number of likely N-dealkylation sites (tertiary alicyclic amines) is 1. The summed E-state index contributed by atoms with van der Waals surface area (Å²) in [5.41, 5.74) is 1.41. The largest absolute Gasteiger partial charge is 0.497 e. The molecule has 1 N–H and O–H groups in total. The second-order valence-corrected chi connectivity index (χ2v) is 6.79. The average molecular weight is 379 g/mol. The fraction of sp³-hybridized carbons (Fsp3) is 0.300. The van der Waals surface area contributed by atoms with Crippen LogP contribution < -0.4 is 10.1 Å². The highest BCUT2D eigenvalue weighted by Gasteiger charge is 2.35. The summed E-state index contributed by atoms with van der Waals surface area (Å²) in [6, 6.07) is 11.0. The molecule has 0 saturated carbocycles. The van der Waals surface area contributed by atoms with Gasteiger partial charge in [0.1, 0.15) is 5.75 Å². The summed E-state index contributed by atoms with van der Waals surface area (Å²) < 4.78 is 10.7. The molecule has 4 rings (SSSR count). The highest BCUT2D eigenvalue weighted by molar-refractivity contribution is 5.94.